The lowest BCUT2D eigenvalue weighted by atomic mass is 10.0. The number of hydrogen-bond donors (Lipinski definition) is 6. The third-order valence-electron chi connectivity index (χ3n) is 5.39. The zero-order valence-corrected chi connectivity index (χ0v) is 25.1. The predicted molar refractivity (Wildman–Crippen MR) is 166 cm³/mol. The average molecular weight is 583 g/mol. The van der Waals surface area contributed by atoms with Gasteiger partial charge >= 0.3 is 0 Å². The minimum atomic E-state index is -0.414. The van der Waals surface area contributed by atoms with Gasteiger partial charge in [0.15, 0.2) is 17.3 Å². The minimum Gasteiger partial charge on any atom is -0.506 e. The van der Waals surface area contributed by atoms with Gasteiger partial charge in [-0.25, -0.2) is 0 Å². The van der Waals surface area contributed by atoms with E-state index in [2.05, 4.69) is 30.9 Å². The molecule has 1 aromatic rings. The lowest BCUT2D eigenvalue weighted by molar-refractivity contribution is -0.113. The Hall–Kier alpha value is -4.74. The van der Waals surface area contributed by atoms with Gasteiger partial charge in [-0.2, -0.15) is 0 Å². The van der Waals surface area contributed by atoms with Crippen molar-refractivity contribution in [3.8, 4) is 17.2 Å². The molecule has 6 N–H and O–H groups in total. The smallest absolute Gasteiger partial charge is 0.154 e. The normalized spacial score (nSPS) is 12.9. The Kier molecular flexibility index (Phi) is 15.6. The summed E-state index contributed by atoms with van der Waals surface area (Å²) < 4.78 is 0. The molecule has 0 saturated heterocycles. The van der Waals surface area contributed by atoms with Gasteiger partial charge in [0.05, 0.1) is 36.3 Å². The molecule has 0 heterocycles. The quantitative estimate of drug-likeness (QED) is 0.0858. The summed E-state index contributed by atoms with van der Waals surface area (Å²) in [6.07, 6.45) is 8.26. The van der Waals surface area contributed by atoms with E-state index >= 15 is 0 Å². The van der Waals surface area contributed by atoms with Crippen LogP contribution in [0.3, 0.4) is 0 Å². The number of nitrogens with zero attached hydrogens (tertiary/aromatic N) is 3. The van der Waals surface area contributed by atoms with E-state index < -0.39 is 17.2 Å². The number of aromatic hydroxyl groups is 3. The van der Waals surface area contributed by atoms with Gasteiger partial charge in [-0.05, 0) is 59.8 Å². The SMILES string of the molecule is CC(=O)/C=C(\C)NCCN=Cc1c(O)c(C=NCCN/C(C)=C/C(C)=O)c(O)c(C=NCCN/C(C)=C/C(C)=O)c1O. The number of phenols is 3. The van der Waals surface area contributed by atoms with Gasteiger partial charge < -0.3 is 31.3 Å². The molecule has 0 bridgehead atoms. The second-order valence-corrected chi connectivity index (χ2v) is 9.49. The lowest BCUT2D eigenvalue weighted by Gasteiger charge is -2.13. The molecule has 0 amide bonds. The summed E-state index contributed by atoms with van der Waals surface area (Å²) in [6, 6.07) is 0. The highest BCUT2D eigenvalue weighted by molar-refractivity contribution is 6.03. The maximum atomic E-state index is 11.2. The van der Waals surface area contributed by atoms with Gasteiger partial charge in [0.2, 0.25) is 0 Å². The van der Waals surface area contributed by atoms with Gasteiger partial charge in [-0.3, -0.25) is 29.4 Å². The van der Waals surface area contributed by atoms with E-state index in [1.165, 1.54) is 57.6 Å². The van der Waals surface area contributed by atoms with Crippen LogP contribution >= 0.6 is 0 Å². The summed E-state index contributed by atoms with van der Waals surface area (Å²) in [7, 11) is 0. The van der Waals surface area contributed by atoms with Crippen molar-refractivity contribution in [3.63, 3.8) is 0 Å². The van der Waals surface area contributed by atoms with Gasteiger partial charge in [0.25, 0.3) is 0 Å². The summed E-state index contributed by atoms with van der Waals surface area (Å²) in [5.41, 5.74) is 1.99. The standard InChI is InChI=1S/C30H42N6O6/c1-19(13-22(4)37)34-10-7-31-16-25-28(40)26(17-32-8-11-35-20(2)14-23(5)38)30(42)27(29(25)41)18-33-9-12-36-21(3)15-24(6)39/h13-18,34-36,40-42H,7-12H2,1-6H3/b19-13+,20-14+,21-15+,31-16?,32-17?,33-18?. The van der Waals surface area contributed by atoms with Crippen molar-refractivity contribution in [3.05, 3.63) is 52.0 Å². The highest BCUT2D eigenvalue weighted by atomic mass is 16.3. The van der Waals surface area contributed by atoms with Crippen LogP contribution in [0.2, 0.25) is 0 Å². The van der Waals surface area contributed by atoms with Crippen molar-refractivity contribution < 1.29 is 29.7 Å². The fraction of sp³-hybridized carbons (Fsp3) is 0.400. The molecule has 228 valence electrons. The fourth-order valence-electron chi connectivity index (χ4n) is 3.63. The van der Waals surface area contributed by atoms with Gasteiger partial charge in [-0.1, -0.05) is 0 Å². The monoisotopic (exact) mass is 582 g/mol. The molecule has 0 atom stereocenters. The first-order valence-corrected chi connectivity index (χ1v) is 13.4. The zero-order chi connectivity index (χ0) is 31.7. The molecule has 1 aromatic carbocycles. The third kappa shape index (κ3) is 13.6. The molecule has 0 spiro atoms. The zero-order valence-electron chi connectivity index (χ0n) is 25.1. The molecule has 1 rings (SSSR count). The first-order valence-electron chi connectivity index (χ1n) is 13.4. The number of nitrogens with one attached hydrogen (secondary N) is 3. The molecule has 0 aromatic heterocycles. The van der Waals surface area contributed by atoms with Gasteiger partial charge in [0.1, 0.15) is 17.2 Å². The van der Waals surface area contributed by atoms with Crippen LogP contribution in [0.4, 0.5) is 0 Å². The molecular formula is C30H42N6O6. The Morgan fingerprint density at radius 2 is 0.762 bits per heavy atom. The summed E-state index contributed by atoms with van der Waals surface area (Å²) in [5, 5.41) is 41.8. The van der Waals surface area contributed by atoms with E-state index in [1.807, 2.05) is 0 Å². The number of carbonyl (C=O) groups is 3. The number of carbonyl (C=O) groups excluding carboxylic acids is 3. The molecule has 12 heteroatoms. The molecule has 0 aliphatic heterocycles. The van der Waals surface area contributed by atoms with E-state index in [4.69, 9.17) is 0 Å². The molecule has 42 heavy (non-hydrogen) atoms. The molecule has 0 aliphatic carbocycles. The molecule has 0 fully saturated rings. The topological polar surface area (TPSA) is 185 Å². The first-order chi connectivity index (χ1) is 19.8. The minimum absolute atomic E-state index is 0.0246. The Labute approximate surface area is 246 Å². The summed E-state index contributed by atoms with van der Waals surface area (Å²) in [4.78, 5) is 46.3. The molecule has 0 unspecified atom stereocenters. The van der Waals surface area contributed by atoms with Crippen molar-refractivity contribution in [2.75, 3.05) is 39.3 Å². The first kappa shape index (κ1) is 35.3. The highest BCUT2D eigenvalue weighted by Gasteiger charge is 2.21. The number of hydrogen-bond acceptors (Lipinski definition) is 12. The Bertz CT molecular complexity index is 1130. The van der Waals surface area contributed by atoms with Crippen LogP contribution in [0.15, 0.2) is 50.3 Å². The lowest BCUT2D eigenvalue weighted by Crippen LogP contribution is -2.16. The number of phenolic OH excluding ortho intramolecular Hbond substituents is 3. The maximum Gasteiger partial charge on any atom is 0.154 e. The van der Waals surface area contributed by atoms with Crippen LogP contribution in [0.25, 0.3) is 0 Å². The maximum absolute atomic E-state index is 11.2. The Morgan fingerprint density at radius 3 is 0.976 bits per heavy atom. The molecular weight excluding hydrogens is 540 g/mol. The second kappa shape index (κ2) is 18.6. The number of aliphatic imine (C=N–C) groups is 3. The van der Waals surface area contributed by atoms with E-state index in [0.29, 0.717) is 36.7 Å². The predicted octanol–water partition coefficient (Wildman–Crippen LogP) is 2.31. The second-order valence-electron chi connectivity index (χ2n) is 9.49. The van der Waals surface area contributed by atoms with E-state index in [-0.39, 0.29) is 53.7 Å². The van der Waals surface area contributed by atoms with Crippen molar-refractivity contribution in [1.82, 2.24) is 16.0 Å². The summed E-state index contributed by atoms with van der Waals surface area (Å²) >= 11 is 0. The fourth-order valence-corrected chi connectivity index (χ4v) is 3.63. The number of rotatable bonds is 18. The van der Waals surface area contributed by atoms with Crippen LogP contribution in [-0.2, 0) is 14.4 Å². The van der Waals surface area contributed by atoms with Crippen molar-refractivity contribution in [2.24, 2.45) is 15.0 Å². The molecule has 0 aliphatic rings. The third-order valence-corrected chi connectivity index (χ3v) is 5.39. The van der Waals surface area contributed by atoms with Crippen LogP contribution in [0, 0.1) is 0 Å². The van der Waals surface area contributed by atoms with Crippen LogP contribution in [-0.4, -0.2) is 90.6 Å². The average Bonchev–Trinajstić information content (AvgIpc) is 2.87. The molecule has 12 nitrogen and oxygen atoms in total. The molecule has 0 radical (unpaired) electrons. The van der Waals surface area contributed by atoms with Crippen molar-refractivity contribution in [2.45, 2.75) is 41.5 Å². The van der Waals surface area contributed by atoms with E-state index in [1.54, 1.807) is 20.8 Å². The van der Waals surface area contributed by atoms with Gasteiger partial charge in [-0.15, -0.1) is 0 Å². The Balaban J connectivity index is 3.19. The summed E-state index contributed by atoms with van der Waals surface area (Å²) in [5.74, 6) is -1.49. The van der Waals surface area contributed by atoms with Crippen LogP contribution < -0.4 is 16.0 Å². The molecule has 0 saturated carbocycles. The van der Waals surface area contributed by atoms with Crippen LogP contribution in [0.1, 0.15) is 58.2 Å². The number of allylic oxidation sites excluding steroid dienone is 6. The van der Waals surface area contributed by atoms with Crippen LogP contribution in [0.5, 0.6) is 17.2 Å². The van der Waals surface area contributed by atoms with Crippen molar-refractivity contribution >= 4 is 36.0 Å². The van der Waals surface area contributed by atoms with Crippen molar-refractivity contribution in [1.29, 1.82) is 0 Å². The van der Waals surface area contributed by atoms with E-state index in [0.717, 1.165) is 0 Å². The number of benzene rings is 1. The summed E-state index contributed by atoms with van der Waals surface area (Å²) in [6.45, 7) is 11.7. The Morgan fingerprint density at radius 1 is 0.524 bits per heavy atom. The van der Waals surface area contributed by atoms with Gasteiger partial charge in [0, 0.05) is 55.4 Å². The number of ketones is 3. The largest absolute Gasteiger partial charge is 0.506 e. The highest BCUT2D eigenvalue weighted by Crippen LogP contribution is 2.39. The van der Waals surface area contributed by atoms with E-state index in [9.17, 15) is 29.7 Å².